The molecule has 0 aromatic heterocycles. The summed E-state index contributed by atoms with van der Waals surface area (Å²) >= 11 is 0. The molecule has 1 N–H and O–H groups in total. The number of benzene rings is 2. The zero-order valence-electron chi connectivity index (χ0n) is 16.0. The molecular weight excluding hydrogens is 391 g/mol. The van der Waals surface area contributed by atoms with Crippen LogP contribution in [-0.4, -0.2) is 13.0 Å². The fraction of sp³-hybridized carbons (Fsp3) is 0.400. The van der Waals surface area contributed by atoms with E-state index in [9.17, 15) is 18.1 Å². The monoisotopic (exact) mass is 416 g/mol. The average Bonchev–Trinajstić information content (AvgIpc) is 2.60. The number of ether oxygens (including phenoxy) is 1. The number of hydrogen-bond acceptors (Lipinski definition) is 4. The van der Waals surface area contributed by atoms with Crippen LogP contribution < -0.4 is 61.2 Å². The van der Waals surface area contributed by atoms with Crippen molar-refractivity contribution < 1.29 is 74.2 Å². The first-order valence-corrected chi connectivity index (χ1v) is 10.4. The SMILES string of the molecule is CCCCCCCCc1cccc([O-])c1Oc1ccccc1S(=O)(=O)O.[K+]. The molecule has 2 aromatic rings. The van der Waals surface area contributed by atoms with E-state index < -0.39 is 10.1 Å². The Labute approximate surface area is 204 Å². The van der Waals surface area contributed by atoms with Gasteiger partial charge in [0, 0.05) is 0 Å². The maximum absolute atomic E-state index is 12.2. The van der Waals surface area contributed by atoms with Gasteiger partial charge in [-0.3, -0.25) is 4.55 Å². The summed E-state index contributed by atoms with van der Waals surface area (Å²) in [6, 6.07) is 10.6. The van der Waals surface area contributed by atoms with Crippen molar-refractivity contribution in [3.05, 3.63) is 48.0 Å². The van der Waals surface area contributed by atoms with Crippen LogP contribution in [0.4, 0.5) is 0 Å². The first kappa shape index (κ1) is 24.6. The standard InChI is InChI=1S/C20H26O5S.K/c1-2-3-4-5-6-7-11-16-12-10-13-17(21)20(16)25-18-14-8-9-15-19(18)26(22,23)24;/h8-10,12-15,21H,2-7,11H2,1H3,(H,22,23,24);/q;+1/p-1. The van der Waals surface area contributed by atoms with Crippen molar-refractivity contribution in [2.75, 3.05) is 0 Å². The van der Waals surface area contributed by atoms with Gasteiger partial charge in [-0.15, -0.1) is 0 Å². The van der Waals surface area contributed by atoms with E-state index in [2.05, 4.69) is 6.92 Å². The van der Waals surface area contributed by atoms with Crippen LogP contribution in [-0.2, 0) is 16.5 Å². The Hall–Kier alpha value is -0.414. The molecule has 0 saturated heterocycles. The normalized spacial score (nSPS) is 11.0. The minimum absolute atomic E-state index is 0. The smallest absolute Gasteiger partial charge is 0.870 e. The molecule has 0 bridgehead atoms. The second-order valence-electron chi connectivity index (χ2n) is 6.29. The molecule has 0 heterocycles. The first-order valence-electron chi connectivity index (χ1n) is 8.96. The van der Waals surface area contributed by atoms with Crippen molar-refractivity contribution >= 4 is 10.1 Å². The fourth-order valence-electron chi connectivity index (χ4n) is 2.83. The van der Waals surface area contributed by atoms with Gasteiger partial charge >= 0.3 is 51.4 Å². The van der Waals surface area contributed by atoms with Crippen LogP contribution >= 0.6 is 0 Å². The minimum atomic E-state index is -4.44. The van der Waals surface area contributed by atoms with Crippen LogP contribution in [0.3, 0.4) is 0 Å². The summed E-state index contributed by atoms with van der Waals surface area (Å²) in [5, 5.41) is 12.2. The molecule has 0 atom stereocenters. The Morgan fingerprint density at radius 2 is 1.63 bits per heavy atom. The number of para-hydroxylation sites is 2. The minimum Gasteiger partial charge on any atom is -0.870 e. The van der Waals surface area contributed by atoms with Crippen LogP contribution in [0.1, 0.15) is 51.0 Å². The third-order valence-corrected chi connectivity index (χ3v) is 5.09. The largest absolute Gasteiger partial charge is 1.00 e. The van der Waals surface area contributed by atoms with Gasteiger partial charge in [-0.1, -0.05) is 75.1 Å². The van der Waals surface area contributed by atoms with E-state index in [1.54, 1.807) is 12.1 Å². The van der Waals surface area contributed by atoms with Gasteiger partial charge in [0.05, 0.1) is 0 Å². The van der Waals surface area contributed by atoms with E-state index in [4.69, 9.17) is 4.74 Å². The Balaban J connectivity index is 0.00000364. The van der Waals surface area contributed by atoms with Crippen LogP contribution in [0.25, 0.3) is 0 Å². The molecule has 2 aromatic carbocycles. The summed E-state index contributed by atoms with van der Waals surface area (Å²) in [5.74, 6) is -0.238. The van der Waals surface area contributed by atoms with Crippen molar-refractivity contribution in [1.29, 1.82) is 0 Å². The number of hydrogen-bond donors (Lipinski definition) is 1. The van der Waals surface area contributed by atoms with Crippen LogP contribution in [0.15, 0.2) is 47.4 Å². The molecule has 7 heteroatoms. The van der Waals surface area contributed by atoms with Gasteiger partial charge in [0.25, 0.3) is 10.1 Å². The van der Waals surface area contributed by atoms with Crippen LogP contribution in [0.2, 0.25) is 0 Å². The Morgan fingerprint density at radius 1 is 0.963 bits per heavy atom. The predicted molar refractivity (Wildman–Crippen MR) is 99.3 cm³/mol. The second-order valence-corrected chi connectivity index (χ2v) is 7.68. The summed E-state index contributed by atoms with van der Waals surface area (Å²) in [5.41, 5.74) is 0.748. The zero-order valence-corrected chi connectivity index (χ0v) is 19.9. The number of rotatable bonds is 10. The third-order valence-electron chi connectivity index (χ3n) is 4.20. The van der Waals surface area contributed by atoms with Crippen molar-refractivity contribution in [3.8, 4) is 17.2 Å². The molecule has 0 aliphatic heterocycles. The maximum atomic E-state index is 12.2. The summed E-state index contributed by atoms with van der Waals surface area (Å²) in [7, 11) is -4.44. The Bertz CT molecular complexity index is 821. The van der Waals surface area contributed by atoms with Crippen LogP contribution in [0.5, 0.6) is 17.2 Å². The fourth-order valence-corrected chi connectivity index (χ4v) is 3.44. The van der Waals surface area contributed by atoms with E-state index in [1.165, 1.54) is 43.5 Å². The second kappa shape index (κ2) is 12.2. The summed E-state index contributed by atoms with van der Waals surface area (Å²) in [6.07, 6.45) is 7.50. The molecule has 142 valence electrons. The quantitative estimate of drug-likeness (QED) is 0.362. The summed E-state index contributed by atoms with van der Waals surface area (Å²) in [6.45, 7) is 2.17. The Morgan fingerprint density at radius 3 is 2.33 bits per heavy atom. The van der Waals surface area contributed by atoms with Gasteiger partial charge < -0.3 is 9.84 Å². The predicted octanol–water partition coefficient (Wildman–Crippen LogP) is 1.71. The summed E-state index contributed by atoms with van der Waals surface area (Å²) in [4.78, 5) is -0.353. The molecule has 0 spiro atoms. The van der Waals surface area contributed by atoms with Gasteiger partial charge in [-0.25, -0.2) is 0 Å². The first-order chi connectivity index (χ1) is 12.4. The van der Waals surface area contributed by atoms with E-state index in [0.717, 1.165) is 24.8 Å². The molecule has 0 amide bonds. The van der Waals surface area contributed by atoms with Crippen molar-refractivity contribution in [3.63, 3.8) is 0 Å². The summed E-state index contributed by atoms with van der Waals surface area (Å²) < 4.78 is 38.0. The van der Waals surface area contributed by atoms with Crippen LogP contribution in [0, 0.1) is 0 Å². The van der Waals surface area contributed by atoms with Crippen molar-refractivity contribution in [2.45, 2.75) is 56.8 Å². The zero-order chi connectivity index (χ0) is 19.0. The van der Waals surface area contributed by atoms with Crippen molar-refractivity contribution in [2.24, 2.45) is 0 Å². The molecule has 27 heavy (non-hydrogen) atoms. The molecule has 0 fully saturated rings. The number of unbranched alkanes of at least 4 members (excludes halogenated alkanes) is 5. The molecule has 0 aliphatic carbocycles. The van der Waals surface area contributed by atoms with E-state index in [-0.39, 0.29) is 73.5 Å². The van der Waals surface area contributed by atoms with Gasteiger partial charge in [-0.2, -0.15) is 8.42 Å². The topological polar surface area (TPSA) is 86.7 Å². The maximum Gasteiger partial charge on any atom is 1.00 e. The van der Waals surface area contributed by atoms with E-state index in [0.29, 0.717) is 6.42 Å². The molecule has 2 rings (SSSR count). The van der Waals surface area contributed by atoms with E-state index in [1.807, 2.05) is 6.07 Å². The van der Waals surface area contributed by atoms with Gasteiger partial charge in [0.1, 0.15) is 16.4 Å². The molecule has 5 nitrogen and oxygen atoms in total. The number of aryl methyl sites for hydroxylation is 1. The van der Waals surface area contributed by atoms with Gasteiger partial charge in [-0.05, 0) is 30.5 Å². The Kier molecular flexibility index (Phi) is 11.1. The van der Waals surface area contributed by atoms with Crippen molar-refractivity contribution in [1.82, 2.24) is 0 Å². The molecule has 0 unspecified atom stereocenters. The molecule has 0 radical (unpaired) electrons. The van der Waals surface area contributed by atoms with E-state index >= 15 is 0 Å². The molecular formula is C20H25KO5S. The third kappa shape index (κ3) is 7.85. The molecule has 0 saturated carbocycles. The van der Waals surface area contributed by atoms with Gasteiger partial charge in [0.15, 0.2) is 0 Å². The average molecular weight is 417 g/mol. The molecule has 0 aliphatic rings. The van der Waals surface area contributed by atoms with Gasteiger partial charge in [0.2, 0.25) is 0 Å².